The second-order valence-electron chi connectivity index (χ2n) is 8.52. The van der Waals surface area contributed by atoms with Gasteiger partial charge in [-0.15, -0.1) is 0 Å². The summed E-state index contributed by atoms with van der Waals surface area (Å²) in [4.78, 5) is 29.6. The zero-order chi connectivity index (χ0) is 24.7. The van der Waals surface area contributed by atoms with E-state index in [0.717, 1.165) is 24.2 Å². The van der Waals surface area contributed by atoms with Gasteiger partial charge in [-0.05, 0) is 69.4 Å². The van der Waals surface area contributed by atoms with Gasteiger partial charge in [-0.2, -0.15) is 0 Å². The zero-order valence-corrected chi connectivity index (χ0v) is 20.4. The van der Waals surface area contributed by atoms with E-state index in [0.29, 0.717) is 37.6 Å². The van der Waals surface area contributed by atoms with Crippen molar-refractivity contribution in [2.45, 2.75) is 32.7 Å². The molecular formula is C27H34N2O5. The molecular weight excluding hydrogens is 432 g/mol. The number of likely N-dealkylation sites (N-methyl/N-ethyl adjacent to an activating group) is 1. The Kier molecular flexibility index (Phi) is 8.71. The molecule has 0 bridgehead atoms. The third-order valence-corrected chi connectivity index (χ3v) is 5.73. The van der Waals surface area contributed by atoms with Crippen molar-refractivity contribution in [1.29, 1.82) is 0 Å². The van der Waals surface area contributed by atoms with Gasteiger partial charge in [0.25, 0.3) is 11.7 Å². The van der Waals surface area contributed by atoms with Gasteiger partial charge in [-0.3, -0.25) is 9.59 Å². The third-order valence-electron chi connectivity index (χ3n) is 5.73. The van der Waals surface area contributed by atoms with Crippen LogP contribution in [-0.4, -0.2) is 67.0 Å². The van der Waals surface area contributed by atoms with Crippen LogP contribution in [0.2, 0.25) is 0 Å². The van der Waals surface area contributed by atoms with Gasteiger partial charge in [0.15, 0.2) is 0 Å². The number of hydrogen-bond acceptors (Lipinski definition) is 6. The minimum Gasteiger partial charge on any atom is -0.507 e. The van der Waals surface area contributed by atoms with Gasteiger partial charge in [0, 0.05) is 18.7 Å². The summed E-state index contributed by atoms with van der Waals surface area (Å²) in [7, 11) is 3.82. The van der Waals surface area contributed by atoms with Crippen LogP contribution in [0, 0.1) is 0 Å². The molecule has 1 saturated heterocycles. The Morgan fingerprint density at radius 3 is 2.18 bits per heavy atom. The Morgan fingerprint density at radius 2 is 1.59 bits per heavy atom. The number of rotatable bonds is 11. The lowest BCUT2D eigenvalue weighted by Crippen LogP contribution is -2.35. The van der Waals surface area contributed by atoms with Crippen molar-refractivity contribution < 1.29 is 24.2 Å². The summed E-state index contributed by atoms with van der Waals surface area (Å²) >= 11 is 0. The van der Waals surface area contributed by atoms with E-state index in [1.54, 1.807) is 24.3 Å². The standard InChI is InChI=1S/C27H34N2O5/c1-5-7-18-34-22-12-8-19(9-13-22)24-23(26(31)27(32)29(24)17-16-28(3)4)25(30)20-10-14-21(15-11-20)33-6-2/h8-15,24,30H,5-7,16-18H2,1-4H3. The second kappa shape index (κ2) is 11.7. The maximum atomic E-state index is 13.1. The first-order valence-corrected chi connectivity index (χ1v) is 11.8. The van der Waals surface area contributed by atoms with E-state index in [9.17, 15) is 14.7 Å². The first-order valence-electron chi connectivity index (χ1n) is 11.8. The van der Waals surface area contributed by atoms with Crippen molar-refractivity contribution in [3.63, 3.8) is 0 Å². The lowest BCUT2D eigenvalue weighted by Gasteiger charge is -2.26. The zero-order valence-electron chi connectivity index (χ0n) is 20.4. The molecule has 1 heterocycles. The van der Waals surface area contributed by atoms with Crippen molar-refractivity contribution in [1.82, 2.24) is 9.80 Å². The smallest absolute Gasteiger partial charge is 0.295 e. The van der Waals surface area contributed by atoms with E-state index in [2.05, 4.69) is 6.92 Å². The topological polar surface area (TPSA) is 79.3 Å². The molecule has 34 heavy (non-hydrogen) atoms. The maximum Gasteiger partial charge on any atom is 0.295 e. The minimum absolute atomic E-state index is 0.0903. The van der Waals surface area contributed by atoms with Crippen molar-refractivity contribution in [2.24, 2.45) is 0 Å². The Hall–Kier alpha value is -3.32. The molecule has 2 aromatic rings. The number of carbonyl (C=O) groups is 2. The number of nitrogens with zero attached hydrogens (tertiary/aromatic N) is 2. The fraction of sp³-hybridized carbons (Fsp3) is 0.407. The molecule has 3 rings (SSSR count). The first kappa shape index (κ1) is 25.3. The summed E-state index contributed by atoms with van der Waals surface area (Å²) in [5.74, 6) is -0.0855. The minimum atomic E-state index is -0.684. The molecule has 0 spiro atoms. The molecule has 1 fully saturated rings. The van der Waals surface area contributed by atoms with Crippen LogP contribution < -0.4 is 9.47 Å². The average molecular weight is 467 g/mol. The van der Waals surface area contributed by atoms with Gasteiger partial charge in [0.2, 0.25) is 0 Å². The van der Waals surface area contributed by atoms with E-state index in [-0.39, 0.29) is 11.3 Å². The fourth-order valence-electron chi connectivity index (χ4n) is 3.88. The number of Topliss-reactive ketones (excluding diaryl/α,β-unsaturated/α-hetero) is 1. The molecule has 1 unspecified atom stereocenters. The number of unbranched alkanes of at least 4 members (excludes halogenated alkanes) is 1. The molecule has 7 nitrogen and oxygen atoms in total. The SMILES string of the molecule is CCCCOc1ccc(C2C(=C(O)c3ccc(OCC)cc3)C(=O)C(=O)N2CCN(C)C)cc1. The molecule has 7 heteroatoms. The van der Waals surface area contributed by atoms with Crippen LogP contribution in [0.25, 0.3) is 5.76 Å². The summed E-state index contributed by atoms with van der Waals surface area (Å²) in [5, 5.41) is 11.2. The fourth-order valence-corrected chi connectivity index (χ4v) is 3.88. The predicted octanol–water partition coefficient (Wildman–Crippen LogP) is 4.25. The van der Waals surface area contributed by atoms with Crippen LogP contribution in [0.15, 0.2) is 54.1 Å². The highest BCUT2D eigenvalue weighted by Crippen LogP contribution is 2.39. The molecule has 1 N–H and O–H groups in total. The summed E-state index contributed by atoms with van der Waals surface area (Å²) in [5.41, 5.74) is 1.29. The van der Waals surface area contributed by atoms with Crippen molar-refractivity contribution in [3.05, 3.63) is 65.2 Å². The van der Waals surface area contributed by atoms with Gasteiger partial charge in [0.1, 0.15) is 17.3 Å². The summed E-state index contributed by atoms with van der Waals surface area (Å²) < 4.78 is 11.2. The number of ketones is 1. The van der Waals surface area contributed by atoms with E-state index >= 15 is 0 Å². The molecule has 2 aromatic carbocycles. The van der Waals surface area contributed by atoms with Crippen molar-refractivity contribution in [3.8, 4) is 11.5 Å². The Bertz CT molecular complexity index is 1010. The first-order chi connectivity index (χ1) is 16.4. The van der Waals surface area contributed by atoms with E-state index in [1.165, 1.54) is 4.90 Å². The number of ether oxygens (including phenoxy) is 2. The molecule has 0 aromatic heterocycles. The van der Waals surface area contributed by atoms with Crippen LogP contribution in [0.5, 0.6) is 11.5 Å². The molecule has 1 aliphatic heterocycles. The molecule has 1 aliphatic rings. The van der Waals surface area contributed by atoms with Crippen molar-refractivity contribution >= 4 is 17.4 Å². The van der Waals surface area contributed by atoms with Crippen LogP contribution in [-0.2, 0) is 9.59 Å². The third kappa shape index (κ3) is 5.78. The predicted molar refractivity (Wildman–Crippen MR) is 132 cm³/mol. The van der Waals surface area contributed by atoms with Gasteiger partial charge < -0.3 is 24.4 Å². The normalized spacial score (nSPS) is 17.4. The number of carbonyl (C=O) groups excluding carboxylic acids is 2. The highest BCUT2D eigenvalue weighted by Gasteiger charge is 2.45. The van der Waals surface area contributed by atoms with Crippen LogP contribution in [0.4, 0.5) is 0 Å². The molecule has 1 amide bonds. The van der Waals surface area contributed by atoms with E-state index in [1.807, 2.05) is 50.2 Å². The number of hydrogen-bond donors (Lipinski definition) is 1. The number of aliphatic hydroxyl groups is 1. The van der Waals surface area contributed by atoms with Gasteiger partial charge in [0.05, 0.1) is 24.8 Å². The van der Waals surface area contributed by atoms with Crippen LogP contribution in [0.1, 0.15) is 43.9 Å². The summed E-state index contributed by atoms with van der Waals surface area (Å²) in [6.45, 7) is 6.11. The number of likely N-dealkylation sites (tertiary alicyclic amines) is 1. The molecule has 0 aliphatic carbocycles. The molecule has 0 radical (unpaired) electrons. The summed E-state index contributed by atoms with van der Waals surface area (Å²) in [6.07, 6.45) is 2.01. The van der Waals surface area contributed by atoms with Gasteiger partial charge >= 0.3 is 0 Å². The van der Waals surface area contributed by atoms with Gasteiger partial charge in [-0.25, -0.2) is 0 Å². The number of benzene rings is 2. The average Bonchev–Trinajstić information content (AvgIpc) is 3.08. The van der Waals surface area contributed by atoms with Crippen LogP contribution in [0.3, 0.4) is 0 Å². The van der Waals surface area contributed by atoms with E-state index in [4.69, 9.17) is 9.47 Å². The maximum absolute atomic E-state index is 13.1. The highest BCUT2D eigenvalue weighted by molar-refractivity contribution is 6.46. The van der Waals surface area contributed by atoms with Gasteiger partial charge in [-0.1, -0.05) is 25.5 Å². The Balaban J connectivity index is 2.00. The lowest BCUT2D eigenvalue weighted by molar-refractivity contribution is -0.140. The molecule has 0 saturated carbocycles. The van der Waals surface area contributed by atoms with Crippen LogP contribution >= 0.6 is 0 Å². The Labute approximate surface area is 201 Å². The quantitative estimate of drug-likeness (QED) is 0.231. The number of amides is 1. The van der Waals surface area contributed by atoms with Crippen molar-refractivity contribution in [2.75, 3.05) is 40.4 Å². The van der Waals surface area contributed by atoms with E-state index < -0.39 is 17.7 Å². The largest absolute Gasteiger partial charge is 0.507 e. The monoisotopic (exact) mass is 466 g/mol. The molecule has 1 atom stereocenters. The highest BCUT2D eigenvalue weighted by atomic mass is 16.5. The lowest BCUT2D eigenvalue weighted by atomic mass is 9.95. The Morgan fingerprint density at radius 1 is 0.971 bits per heavy atom. The molecule has 182 valence electrons. The second-order valence-corrected chi connectivity index (χ2v) is 8.52. The summed E-state index contributed by atoms with van der Waals surface area (Å²) in [6, 6.07) is 13.6. The number of aliphatic hydroxyl groups excluding tert-OH is 1.